The number of nitrogens with one attached hydrogen (secondary N) is 1. The van der Waals surface area contributed by atoms with Gasteiger partial charge in [0, 0.05) is 19.8 Å². The molecule has 0 saturated heterocycles. The third-order valence-corrected chi connectivity index (χ3v) is 2.15. The Balaban J connectivity index is 2.89. The van der Waals surface area contributed by atoms with Crippen molar-refractivity contribution in [2.45, 2.75) is 19.4 Å². The van der Waals surface area contributed by atoms with E-state index in [1.807, 2.05) is 0 Å². The number of hydrazine groups is 1. The minimum atomic E-state index is -0.942. The second-order valence-corrected chi connectivity index (χ2v) is 4.52. The summed E-state index contributed by atoms with van der Waals surface area (Å²) in [7, 11) is 1.62. The molecule has 0 unspecified atom stereocenters. The Hall–Kier alpha value is -1.66. The van der Waals surface area contributed by atoms with Gasteiger partial charge in [0.05, 0.1) is 11.2 Å². The van der Waals surface area contributed by atoms with Gasteiger partial charge in [-0.25, -0.2) is 10.8 Å². The van der Waals surface area contributed by atoms with Crippen LogP contribution in [0.2, 0.25) is 0 Å². The van der Waals surface area contributed by atoms with Crippen molar-refractivity contribution in [1.29, 1.82) is 0 Å². The first-order valence-corrected chi connectivity index (χ1v) is 5.24. The molecule has 1 aromatic heterocycles. The van der Waals surface area contributed by atoms with Gasteiger partial charge in [-0.3, -0.25) is 4.79 Å². The predicted octanol–water partition coefficient (Wildman–Crippen LogP) is 0.210. The summed E-state index contributed by atoms with van der Waals surface area (Å²) in [5.74, 6) is 5.36. The number of anilines is 1. The number of carbonyl (C=O) groups excluding carboxylic acids is 1. The first-order chi connectivity index (χ1) is 7.85. The lowest BCUT2D eigenvalue weighted by molar-refractivity contribution is 0.0368. The Kier molecular flexibility index (Phi) is 4.03. The SMILES string of the molecule is CN(CC(C)(C)O)C(=O)c1cccnc1NN. The molecular weight excluding hydrogens is 220 g/mol. The highest BCUT2D eigenvalue weighted by molar-refractivity contribution is 5.98. The van der Waals surface area contributed by atoms with Gasteiger partial charge in [-0.05, 0) is 26.0 Å². The molecule has 6 nitrogen and oxygen atoms in total. The van der Waals surface area contributed by atoms with E-state index in [1.54, 1.807) is 39.2 Å². The van der Waals surface area contributed by atoms with Crippen LogP contribution in [0.25, 0.3) is 0 Å². The smallest absolute Gasteiger partial charge is 0.257 e. The van der Waals surface area contributed by atoms with Crippen molar-refractivity contribution in [1.82, 2.24) is 9.88 Å². The van der Waals surface area contributed by atoms with Crippen LogP contribution >= 0.6 is 0 Å². The van der Waals surface area contributed by atoms with Crippen molar-refractivity contribution in [2.75, 3.05) is 19.0 Å². The zero-order chi connectivity index (χ0) is 13.1. The standard InChI is InChI=1S/C11H18N4O2/c1-11(2,17)7-15(3)10(16)8-5-4-6-13-9(8)14-12/h4-6,17H,7,12H2,1-3H3,(H,13,14). The van der Waals surface area contributed by atoms with E-state index >= 15 is 0 Å². The number of hydrogen-bond acceptors (Lipinski definition) is 5. The van der Waals surface area contributed by atoms with Gasteiger partial charge >= 0.3 is 0 Å². The van der Waals surface area contributed by atoms with Crippen molar-refractivity contribution < 1.29 is 9.90 Å². The van der Waals surface area contributed by atoms with Crippen LogP contribution in [0.4, 0.5) is 5.82 Å². The third kappa shape index (κ3) is 3.69. The van der Waals surface area contributed by atoms with Gasteiger partial charge in [-0.1, -0.05) is 0 Å². The summed E-state index contributed by atoms with van der Waals surface area (Å²) in [6.45, 7) is 3.51. The number of aliphatic hydroxyl groups is 1. The fourth-order valence-corrected chi connectivity index (χ4v) is 1.55. The van der Waals surface area contributed by atoms with E-state index < -0.39 is 5.60 Å². The van der Waals surface area contributed by atoms with Gasteiger partial charge in [0.15, 0.2) is 5.82 Å². The maximum atomic E-state index is 12.1. The fourth-order valence-electron chi connectivity index (χ4n) is 1.55. The summed E-state index contributed by atoms with van der Waals surface area (Å²) in [6, 6.07) is 3.29. The molecule has 0 aliphatic carbocycles. The molecule has 1 amide bonds. The summed E-state index contributed by atoms with van der Waals surface area (Å²) in [6.07, 6.45) is 1.54. The zero-order valence-corrected chi connectivity index (χ0v) is 10.3. The van der Waals surface area contributed by atoms with Crippen molar-refractivity contribution in [3.05, 3.63) is 23.9 Å². The molecule has 4 N–H and O–H groups in total. The highest BCUT2D eigenvalue weighted by Crippen LogP contribution is 2.14. The Bertz CT molecular complexity index is 401. The maximum absolute atomic E-state index is 12.1. The van der Waals surface area contributed by atoms with E-state index in [1.165, 1.54) is 4.90 Å². The molecule has 0 atom stereocenters. The molecule has 1 heterocycles. The Labute approximate surface area is 100 Å². The van der Waals surface area contributed by atoms with E-state index in [-0.39, 0.29) is 12.5 Å². The first-order valence-electron chi connectivity index (χ1n) is 5.24. The fraction of sp³-hybridized carbons (Fsp3) is 0.455. The summed E-state index contributed by atoms with van der Waals surface area (Å²) in [5.41, 5.74) is 1.81. The Morgan fingerprint density at radius 1 is 1.65 bits per heavy atom. The number of nitrogens with two attached hydrogens (primary N) is 1. The largest absolute Gasteiger partial charge is 0.389 e. The molecule has 0 fully saturated rings. The number of amides is 1. The number of likely N-dealkylation sites (N-methyl/N-ethyl adjacent to an activating group) is 1. The highest BCUT2D eigenvalue weighted by atomic mass is 16.3. The summed E-state index contributed by atoms with van der Waals surface area (Å²) in [4.78, 5) is 17.5. The number of carbonyl (C=O) groups is 1. The van der Waals surface area contributed by atoms with Gasteiger partial charge in [-0.15, -0.1) is 0 Å². The molecule has 1 rings (SSSR count). The topological polar surface area (TPSA) is 91.5 Å². The molecule has 0 aliphatic rings. The third-order valence-electron chi connectivity index (χ3n) is 2.15. The first kappa shape index (κ1) is 13.4. The van der Waals surface area contributed by atoms with Gasteiger partial charge in [-0.2, -0.15) is 0 Å². The minimum absolute atomic E-state index is 0.227. The number of nitrogens with zero attached hydrogens (tertiary/aromatic N) is 2. The summed E-state index contributed by atoms with van der Waals surface area (Å²) >= 11 is 0. The van der Waals surface area contributed by atoms with Crippen LogP contribution in [0.1, 0.15) is 24.2 Å². The monoisotopic (exact) mass is 238 g/mol. The molecular formula is C11H18N4O2. The van der Waals surface area contributed by atoms with Crippen molar-refractivity contribution in [2.24, 2.45) is 5.84 Å². The molecule has 6 heteroatoms. The second kappa shape index (κ2) is 5.11. The predicted molar refractivity (Wildman–Crippen MR) is 65.3 cm³/mol. The molecule has 0 aromatic carbocycles. The summed E-state index contributed by atoms with van der Waals surface area (Å²) in [5, 5.41) is 9.66. The van der Waals surface area contributed by atoms with Crippen molar-refractivity contribution in [3.8, 4) is 0 Å². The number of nitrogen functional groups attached to an aromatic ring is 1. The molecule has 17 heavy (non-hydrogen) atoms. The van der Waals surface area contributed by atoms with E-state index in [4.69, 9.17) is 5.84 Å². The lowest BCUT2D eigenvalue weighted by atomic mass is 10.1. The second-order valence-electron chi connectivity index (χ2n) is 4.52. The molecule has 94 valence electrons. The average Bonchev–Trinajstić information content (AvgIpc) is 2.25. The molecule has 0 aliphatic heterocycles. The average molecular weight is 238 g/mol. The normalized spacial score (nSPS) is 11.1. The van der Waals surface area contributed by atoms with Crippen LogP contribution < -0.4 is 11.3 Å². The van der Waals surface area contributed by atoms with Gasteiger partial charge < -0.3 is 15.4 Å². The Morgan fingerprint density at radius 2 is 2.29 bits per heavy atom. The van der Waals surface area contributed by atoms with E-state index in [9.17, 15) is 9.90 Å². The number of hydrogen-bond donors (Lipinski definition) is 3. The molecule has 1 aromatic rings. The number of pyridine rings is 1. The number of rotatable bonds is 4. The van der Waals surface area contributed by atoms with Crippen LogP contribution in [-0.4, -0.2) is 40.1 Å². The minimum Gasteiger partial charge on any atom is -0.389 e. The van der Waals surface area contributed by atoms with E-state index in [0.29, 0.717) is 11.4 Å². The van der Waals surface area contributed by atoms with Crippen molar-refractivity contribution >= 4 is 11.7 Å². The summed E-state index contributed by atoms with van der Waals surface area (Å²) < 4.78 is 0. The molecule has 0 radical (unpaired) electrons. The van der Waals surface area contributed by atoms with Gasteiger partial charge in [0.1, 0.15) is 0 Å². The zero-order valence-electron chi connectivity index (χ0n) is 10.3. The number of aromatic nitrogens is 1. The molecule has 0 spiro atoms. The van der Waals surface area contributed by atoms with Crippen LogP contribution in [0, 0.1) is 0 Å². The molecule has 0 bridgehead atoms. The lowest BCUT2D eigenvalue weighted by Gasteiger charge is -2.26. The van der Waals surface area contributed by atoms with Gasteiger partial charge in [0.2, 0.25) is 0 Å². The lowest BCUT2D eigenvalue weighted by Crippen LogP contribution is -2.40. The van der Waals surface area contributed by atoms with Crippen LogP contribution in [0.3, 0.4) is 0 Å². The Morgan fingerprint density at radius 3 is 2.82 bits per heavy atom. The van der Waals surface area contributed by atoms with E-state index in [0.717, 1.165) is 0 Å². The quantitative estimate of drug-likeness (QED) is 0.515. The van der Waals surface area contributed by atoms with Crippen LogP contribution in [-0.2, 0) is 0 Å². The highest BCUT2D eigenvalue weighted by Gasteiger charge is 2.22. The van der Waals surface area contributed by atoms with Gasteiger partial charge in [0.25, 0.3) is 5.91 Å². The molecule has 0 saturated carbocycles. The van der Waals surface area contributed by atoms with Crippen LogP contribution in [0.15, 0.2) is 18.3 Å². The van der Waals surface area contributed by atoms with Crippen LogP contribution in [0.5, 0.6) is 0 Å². The maximum Gasteiger partial charge on any atom is 0.257 e. The van der Waals surface area contributed by atoms with Crippen molar-refractivity contribution in [3.63, 3.8) is 0 Å². The van der Waals surface area contributed by atoms with E-state index in [2.05, 4.69) is 10.4 Å².